The van der Waals surface area contributed by atoms with Gasteiger partial charge in [-0.1, -0.05) is 6.07 Å². The lowest BCUT2D eigenvalue weighted by Gasteiger charge is -2.09. The first-order valence-corrected chi connectivity index (χ1v) is 8.22. The quantitative estimate of drug-likeness (QED) is 0.307. The van der Waals surface area contributed by atoms with Gasteiger partial charge in [0, 0.05) is 18.6 Å². The maximum Gasteiger partial charge on any atom is 0.345 e. The smallest absolute Gasteiger partial charge is 0.345 e. The van der Waals surface area contributed by atoms with Crippen LogP contribution in [0.1, 0.15) is 26.4 Å². The van der Waals surface area contributed by atoms with Crippen molar-refractivity contribution in [3.8, 4) is 11.5 Å². The van der Waals surface area contributed by atoms with E-state index in [9.17, 15) is 9.59 Å². The molecular weight excluding hydrogens is 360 g/mol. The normalized spacial score (nSPS) is 10.5. The van der Waals surface area contributed by atoms with Gasteiger partial charge in [-0.15, -0.1) is 0 Å². The van der Waals surface area contributed by atoms with Gasteiger partial charge in [0.05, 0.1) is 18.9 Å². The number of benzene rings is 1. The highest BCUT2D eigenvalue weighted by molar-refractivity contribution is 5.93. The van der Waals surface area contributed by atoms with E-state index in [2.05, 4.69) is 20.5 Å². The van der Waals surface area contributed by atoms with Crippen molar-refractivity contribution < 1.29 is 19.1 Å². The fraction of sp³-hybridized carbons (Fsp3) is 0.0500. The lowest BCUT2D eigenvalue weighted by atomic mass is 10.2. The molecule has 0 fully saturated rings. The molecule has 140 valence electrons. The van der Waals surface area contributed by atoms with E-state index in [1.54, 1.807) is 54.7 Å². The summed E-state index contributed by atoms with van der Waals surface area (Å²) in [5, 5.41) is 3.90. The van der Waals surface area contributed by atoms with Gasteiger partial charge >= 0.3 is 5.97 Å². The molecule has 0 saturated carbocycles. The molecule has 0 saturated heterocycles. The lowest BCUT2D eigenvalue weighted by molar-refractivity contribution is 0.0729. The number of rotatable bonds is 6. The number of nitrogens with zero attached hydrogens (tertiary/aromatic N) is 3. The van der Waals surface area contributed by atoms with Crippen molar-refractivity contribution in [1.29, 1.82) is 0 Å². The molecule has 0 unspecified atom stereocenters. The Hall–Kier alpha value is -4.07. The summed E-state index contributed by atoms with van der Waals surface area (Å²) in [4.78, 5) is 31.9. The minimum absolute atomic E-state index is 0.256. The average Bonchev–Trinajstić information content (AvgIpc) is 2.75. The van der Waals surface area contributed by atoms with Crippen molar-refractivity contribution in [2.24, 2.45) is 5.10 Å². The van der Waals surface area contributed by atoms with Crippen LogP contribution in [0.4, 0.5) is 0 Å². The van der Waals surface area contributed by atoms with Crippen LogP contribution >= 0.6 is 0 Å². The highest BCUT2D eigenvalue weighted by Gasteiger charge is 2.13. The van der Waals surface area contributed by atoms with E-state index in [-0.39, 0.29) is 11.4 Å². The fourth-order valence-corrected chi connectivity index (χ4v) is 2.21. The molecular formula is C20H16N4O4. The molecule has 28 heavy (non-hydrogen) atoms. The lowest BCUT2D eigenvalue weighted by Crippen LogP contribution is -2.18. The molecule has 3 aromatic rings. The number of carbonyl (C=O) groups excluding carboxylic acids is 2. The van der Waals surface area contributed by atoms with Gasteiger partial charge in [0.2, 0.25) is 0 Å². The van der Waals surface area contributed by atoms with Gasteiger partial charge in [-0.25, -0.2) is 10.2 Å². The van der Waals surface area contributed by atoms with Gasteiger partial charge < -0.3 is 9.47 Å². The monoisotopic (exact) mass is 376 g/mol. The zero-order valence-corrected chi connectivity index (χ0v) is 14.9. The molecule has 0 bridgehead atoms. The van der Waals surface area contributed by atoms with E-state index in [4.69, 9.17) is 9.47 Å². The molecule has 0 aliphatic carbocycles. The van der Waals surface area contributed by atoms with Gasteiger partial charge in [-0.2, -0.15) is 5.10 Å². The highest BCUT2D eigenvalue weighted by Crippen LogP contribution is 2.28. The maximum atomic E-state index is 12.2. The largest absolute Gasteiger partial charge is 0.493 e. The number of hydrogen-bond acceptors (Lipinski definition) is 7. The summed E-state index contributed by atoms with van der Waals surface area (Å²) in [6.07, 6.45) is 5.95. The Balaban J connectivity index is 1.67. The van der Waals surface area contributed by atoms with E-state index < -0.39 is 11.9 Å². The van der Waals surface area contributed by atoms with Gasteiger partial charge in [-0.05, 0) is 48.0 Å². The first-order valence-electron chi connectivity index (χ1n) is 8.22. The Morgan fingerprint density at radius 3 is 2.68 bits per heavy atom. The van der Waals surface area contributed by atoms with Crippen LogP contribution in [0.3, 0.4) is 0 Å². The van der Waals surface area contributed by atoms with E-state index in [1.807, 2.05) is 0 Å². The molecule has 1 aromatic carbocycles. The van der Waals surface area contributed by atoms with Crippen LogP contribution in [0.25, 0.3) is 0 Å². The molecule has 0 spiro atoms. The zero-order valence-electron chi connectivity index (χ0n) is 14.9. The fourth-order valence-electron chi connectivity index (χ4n) is 2.21. The van der Waals surface area contributed by atoms with Gasteiger partial charge in [0.25, 0.3) is 5.91 Å². The van der Waals surface area contributed by atoms with E-state index >= 15 is 0 Å². The number of nitrogens with one attached hydrogen (secondary N) is 1. The highest BCUT2D eigenvalue weighted by atomic mass is 16.6. The first-order chi connectivity index (χ1) is 13.7. The van der Waals surface area contributed by atoms with Crippen LogP contribution < -0.4 is 14.9 Å². The van der Waals surface area contributed by atoms with Crippen LogP contribution in [-0.4, -0.2) is 35.2 Å². The molecule has 0 aliphatic heterocycles. The first kappa shape index (κ1) is 18.7. The van der Waals surface area contributed by atoms with E-state index in [1.165, 1.54) is 25.7 Å². The number of ether oxygens (including phenoxy) is 2. The minimum Gasteiger partial charge on any atom is -0.493 e. The SMILES string of the molecule is COc1cc(/C=N\NC(=O)c2ccccn2)ccc1OC(=O)c1cccnc1. The number of hydrogen-bond donors (Lipinski definition) is 1. The molecule has 8 heteroatoms. The van der Waals surface area contributed by atoms with E-state index in [0.29, 0.717) is 16.9 Å². The number of pyridine rings is 2. The molecule has 8 nitrogen and oxygen atoms in total. The van der Waals surface area contributed by atoms with Gasteiger partial charge in [-0.3, -0.25) is 14.8 Å². The molecule has 2 heterocycles. The molecule has 3 rings (SSSR count). The molecule has 1 N–H and O–H groups in total. The van der Waals surface area contributed by atoms with Crippen LogP contribution in [-0.2, 0) is 0 Å². The van der Waals surface area contributed by atoms with Crippen LogP contribution in [0.5, 0.6) is 11.5 Å². The number of hydrazone groups is 1. The second kappa shape index (κ2) is 9.04. The second-order valence-corrected chi connectivity index (χ2v) is 5.46. The summed E-state index contributed by atoms with van der Waals surface area (Å²) >= 11 is 0. The maximum absolute atomic E-state index is 12.2. The summed E-state index contributed by atoms with van der Waals surface area (Å²) in [5.74, 6) is -0.371. The van der Waals surface area contributed by atoms with Crippen molar-refractivity contribution in [1.82, 2.24) is 15.4 Å². The zero-order chi connectivity index (χ0) is 19.8. The predicted molar refractivity (Wildman–Crippen MR) is 101 cm³/mol. The van der Waals surface area contributed by atoms with Crippen molar-refractivity contribution in [3.05, 3.63) is 83.9 Å². The summed E-state index contributed by atoms with van der Waals surface area (Å²) < 4.78 is 10.6. The average molecular weight is 376 g/mol. The Morgan fingerprint density at radius 2 is 1.96 bits per heavy atom. The number of methoxy groups -OCH3 is 1. The molecule has 1 amide bonds. The Morgan fingerprint density at radius 1 is 1.07 bits per heavy atom. The van der Waals surface area contributed by atoms with Crippen LogP contribution in [0.15, 0.2) is 72.2 Å². The van der Waals surface area contributed by atoms with Crippen molar-refractivity contribution in [2.45, 2.75) is 0 Å². The molecule has 0 radical (unpaired) electrons. The second-order valence-electron chi connectivity index (χ2n) is 5.46. The van der Waals surface area contributed by atoms with Crippen molar-refractivity contribution in [3.63, 3.8) is 0 Å². The Labute approximate surface area is 160 Å². The minimum atomic E-state index is -0.546. The predicted octanol–water partition coefficient (Wildman–Crippen LogP) is 2.47. The van der Waals surface area contributed by atoms with Gasteiger partial charge in [0.15, 0.2) is 11.5 Å². The summed E-state index contributed by atoms with van der Waals surface area (Å²) in [6.45, 7) is 0. The third-order valence-corrected chi connectivity index (χ3v) is 3.56. The molecule has 0 atom stereocenters. The molecule has 2 aromatic heterocycles. The van der Waals surface area contributed by atoms with Crippen LogP contribution in [0, 0.1) is 0 Å². The Kier molecular flexibility index (Phi) is 6.04. The summed E-state index contributed by atoms with van der Waals surface area (Å²) in [7, 11) is 1.46. The van der Waals surface area contributed by atoms with Crippen LogP contribution in [0.2, 0.25) is 0 Å². The number of carbonyl (C=O) groups is 2. The number of amides is 1. The summed E-state index contributed by atoms with van der Waals surface area (Å²) in [6, 6.07) is 13.1. The standard InChI is InChI=1S/C20H16N4O4/c1-27-18-11-14(12-23-24-19(25)16-6-2-3-10-22-16)7-8-17(18)28-20(26)15-5-4-9-21-13-15/h2-13H,1H3,(H,24,25)/b23-12-. The number of aromatic nitrogens is 2. The summed E-state index contributed by atoms with van der Waals surface area (Å²) in [5.41, 5.74) is 3.61. The third-order valence-electron chi connectivity index (χ3n) is 3.56. The third kappa shape index (κ3) is 4.76. The van der Waals surface area contributed by atoms with E-state index in [0.717, 1.165) is 0 Å². The van der Waals surface area contributed by atoms with Gasteiger partial charge in [0.1, 0.15) is 5.69 Å². The van der Waals surface area contributed by atoms with Crippen molar-refractivity contribution in [2.75, 3.05) is 7.11 Å². The topological polar surface area (TPSA) is 103 Å². The Bertz CT molecular complexity index is 992. The molecule has 0 aliphatic rings. The van der Waals surface area contributed by atoms with Crippen molar-refractivity contribution >= 4 is 18.1 Å². The number of esters is 1.